The van der Waals surface area contributed by atoms with E-state index in [0.29, 0.717) is 17.5 Å². The van der Waals surface area contributed by atoms with Crippen LogP contribution < -0.4 is 5.32 Å². The zero-order chi connectivity index (χ0) is 20.4. The molecule has 4 rings (SSSR count). The van der Waals surface area contributed by atoms with Gasteiger partial charge < -0.3 is 15.0 Å². The Morgan fingerprint density at radius 3 is 2.48 bits per heavy atom. The molecule has 2 aromatic heterocycles. The first-order chi connectivity index (χ1) is 13.9. The van der Waals surface area contributed by atoms with Crippen molar-refractivity contribution in [3.8, 4) is 5.88 Å². The number of nitrogens with zero attached hydrogens (tertiary/aromatic N) is 2. The van der Waals surface area contributed by atoms with Crippen molar-refractivity contribution in [3.05, 3.63) is 89.9 Å². The number of nitrogens with one attached hydrogen (secondary N) is 1. The Labute approximate surface area is 165 Å². The zero-order valence-corrected chi connectivity index (χ0v) is 15.3. The molecule has 7 heteroatoms. The molecule has 0 saturated carbocycles. The van der Waals surface area contributed by atoms with Crippen LogP contribution >= 0.6 is 0 Å². The van der Waals surface area contributed by atoms with E-state index >= 15 is 0 Å². The van der Waals surface area contributed by atoms with Gasteiger partial charge in [0.1, 0.15) is 0 Å². The first kappa shape index (κ1) is 18.9. The summed E-state index contributed by atoms with van der Waals surface area (Å²) in [6, 6.07) is 14.5. The molecule has 0 aliphatic rings. The smallest absolute Gasteiger partial charge is 0.416 e. The van der Waals surface area contributed by atoms with Gasteiger partial charge in [-0.15, -0.1) is 0 Å². The van der Waals surface area contributed by atoms with E-state index < -0.39 is 11.7 Å². The number of anilines is 1. The zero-order valence-electron chi connectivity index (χ0n) is 15.3. The van der Waals surface area contributed by atoms with E-state index in [1.54, 1.807) is 29.2 Å². The fraction of sp³-hybridized carbons (Fsp3) is 0.136. The second-order valence-corrected chi connectivity index (χ2v) is 6.76. The van der Waals surface area contributed by atoms with E-state index in [1.807, 2.05) is 30.3 Å². The van der Waals surface area contributed by atoms with Crippen molar-refractivity contribution in [3.63, 3.8) is 0 Å². The minimum Gasteiger partial charge on any atom is -0.494 e. The Kier molecular flexibility index (Phi) is 4.88. The van der Waals surface area contributed by atoms with Crippen molar-refractivity contribution < 1.29 is 18.3 Å². The third kappa shape index (κ3) is 4.03. The molecule has 2 N–H and O–H groups in total. The molecule has 0 radical (unpaired) electrons. The van der Waals surface area contributed by atoms with Gasteiger partial charge >= 0.3 is 6.18 Å². The maximum absolute atomic E-state index is 13.0. The standard InChI is InChI=1S/C22H18F3N3O/c23-22(24,25)18-5-1-3-16(11-18)13-28-14-17-4-2-6-19(20(17)21(28)29)27-12-15-7-9-26-10-8-15/h1-11,14,27,29H,12-13H2. The number of halogens is 3. The monoisotopic (exact) mass is 397 g/mol. The predicted octanol–water partition coefficient (Wildman–Crippen LogP) is 5.42. The second kappa shape index (κ2) is 7.50. The Bertz CT molecular complexity index is 1140. The fourth-order valence-electron chi connectivity index (χ4n) is 3.31. The molecule has 29 heavy (non-hydrogen) atoms. The Hall–Kier alpha value is -3.48. The van der Waals surface area contributed by atoms with Crippen LogP contribution in [0.2, 0.25) is 0 Å². The summed E-state index contributed by atoms with van der Waals surface area (Å²) in [5.74, 6) is 0.00948. The maximum atomic E-state index is 13.0. The van der Waals surface area contributed by atoms with E-state index in [0.717, 1.165) is 28.8 Å². The molecule has 148 valence electrons. The van der Waals surface area contributed by atoms with Gasteiger partial charge in [0.05, 0.1) is 17.5 Å². The first-order valence-corrected chi connectivity index (χ1v) is 9.01. The summed E-state index contributed by atoms with van der Waals surface area (Å²) in [6.45, 7) is 0.689. The summed E-state index contributed by atoms with van der Waals surface area (Å²) in [4.78, 5) is 3.99. The Morgan fingerprint density at radius 1 is 0.966 bits per heavy atom. The normalized spacial score (nSPS) is 11.7. The highest BCUT2D eigenvalue weighted by Gasteiger charge is 2.30. The number of rotatable bonds is 5. The number of alkyl halides is 3. The van der Waals surface area contributed by atoms with Crippen LogP contribution in [0.25, 0.3) is 10.8 Å². The van der Waals surface area contributed by atoms with E-state index in [4.69, 9.17) is 0 Å². The van der Waals surface area contributed by atoms with Gasteiger partial charge in [-0.1, -0.05) is 24.3 Å². The largest absolute Gasteiger partial charge is 0.494 e. The van der Waals surface area contributed by atoms with Crippen LogP contribution in [0, 0.1) is 0 Å². The maximum Gasteiger partial charge on any atom is 0.416 e. The highest BCUT2D eigenvalue weighted by atomic mass is 19.4. The molecule has 2 aromatic carbocycles. The van der Waals surface area contributed by atoms with Crippen molar-refractivity contribution in [1.29, 1.82) is 0 Å². The average Bonchev–Trinajstić information content (AvgIpc) is 3.03. The highest BCUT2D eigenvalue weighted by Crippen LogP contribution is 2.35. The number of benzene rings is 2. The van der Waals surface area contributed by atoms with Crippen LogP contribution in [-0.4, -0.2) is 14.7 Å². The molecule has 0 aliphatic carbocycles. The number of fused-ring (bicyclic) bond motifs is 1. The van der Waals surface area contributed by atoms with Crippen LogP contribution in [0.5, 0.6) is 5.88 Å². The first-order valence-electron chi connectivity index (χ1n) is 9.01. The van der Waals surface area contributed by atoms with Gasteiger partial charge in [-0.25, -0.2) is 0 Å². The molecule has 0 amide bonds. The highest BCUT2D eigenvalue weighted by molar-refractivity contribution is 5.98. The van der Waals surface area contributed by atoms with Crippen molar-refractivity contribution in [2.24, 2.45) is 0 Å². The molecular weight excluding hydrogens is 379 g/mol. The van der Waals surface area contributed by atoms with Crippen LogP contribution in [0.4, 0.5) is 18.9 Å². The fourth-order valence-corrected chi connectivity index (χ4v) is 3.31. The van der Waals surface area contributed by atoms with Crippen molar-refractivity contribution in [2.45, 2.75) is 19.3 Å². The van der Waals surface area contributed by atoms with E-state index in [1.165, 1.54) is 6.07 Å². The molecule has 0 bridgehead atoms. The van der Waals surface area contributed by atoms with Crippen LogP contribution in [0.1, 0.15) is 16.7 Å². The third-order valence-corrected chi connectivity index (χ3v) is 4.73. The average molecular weight is 397 g/mol. The number of aromatic hydroxyl groups is 1. The molecule has 4 nitrogen and oxygen atoms in total. The predicted molar refractivity (Wildman–Crippen MR) is 106 cm³/mol. The summed E-state index contributed by atoms with van der Waals surface area (Å²) in [7, 11) is 0. The van der Waals surface area contributed by atoms with Gasteiger partial charge in [-0.3, -0.25) is 4.98 Å². The number of hydrogen-bond acceptors (Lipinski definition) is 3. The van der Waals surface area contributed by atoms with Gasteiger partial charge in [-0.2, -0.15) is 13.2 Å². The second-order valence-electron chi connectivity index (χ2n) is 6.76. The molecular formula is C22H18F3N3O. The molecule has 2 heterocycles. The van der Waals surface area contributed by atoms with Crippen molar-refractivity contribution in [1.82, 2.24) is 9.55 Å². The SMILES string of the molecule is Oc1c2c(NCc3ccncc3)cccc2cn1Cc1cccc(C(F)(F)F)c1. The number of hydrogen-bond donors (Lipinski definition) is 2. The topological polar surface area (TPSA) is 50.1 Å². The van der Waals surface area contributed by atoms with Gasteiger partial charge in [0.25, 0.3) is 0 Å². The van der Waals surface area contributed by atoms with E-state index in [9.17, 15) is 18.3 Å². The third-order valence-electron chi connectivity index (χ3n) is 4.73. The van der Waals surface area contributed by atoms with E-state index in [-0.39, 0.29) is 12.4 Å². The molecule has 0 saturated heterocycles. The van der Waals surface area contributed by atoms with Gasteiger partial charge in [-0.05, 0) is 41.5 Å². The van der Waals surface area contributed by atoms with E-state index in [2.05, 4.69) is 10.3 Å². The summed E-state index contributed by atoms with van der Waals surface area (Å²) in [6.07, 6.45) is 0.757. The van der Waals surface area contributed by atoms with Crippen LogP contribution in [-0.2, 0) is 19.3 Å². The van der Waals surface area contributed by atoms with Crippen LogP contribution in [0.3, 0.4) is 0 Å². The molecule has 0 unspecified atom stereocenters. The van der Waals surface area contributed by atoms with Gasteiger partial charge in [0, 0.05) is 36.2 Å². The molecule has 0 fully saturated rings. The van der Waals surface area contributed by atoms with Gasteiger partial charge in [0.2, 0.25) is 5.88 Å². The minimum atomic E-state index is -4.40. The van der Waals surface area contributed by atoms with Crippen LogP contribution in [0.15, 0.2) is 73.2 Å². The lowest BCUT2D eigenvalue weighted by Gasteiger charge is -2.11. The number of aromatic nitrogens is 2. The Balaban J connectivity index is 1.63. The summed E-state index contributed by atoms with van der Waals surface area (Å²) in [5.41, 5.74) is 1.55. The Morgan fingerprint density at radius 2 is 1.72 bits per heavy atom. The minimum absolute atomic E-state index is 0.00948. The summed E-state index contributed by atoms with van der Waals surface area (Å²) >= 11 is 0. The molecule has 4 aromatic rings. The molecule has 0 aliphatic heterocycles. The lowest BCUT2D eigenvalue weighted by Crippen LogP contribution is -2.06. The van der Waals surface area contributed by atoms with Crippen molar-refractivity contribution >= 4 is 16.5 Å². The van der Waals surface area contributed by atoms with Crippen molar-refractivity contribution in [2.75, 3.05) is 5.32 Å². The lowest BCUT2D eigenvalue weighted by molar-refractivity contribution is -0.137. The lowest BCUT2D eigenvalue weighted by atomic mass is 10.1. The molecule has 0 atom stereocenters. The number of pyridine rings is 1. The van der Waals surface area contributed by atoms with Gasteiger partial charge in [0.15, 0.2) is 0 Å². The molecule has 0 spiro atoms. The summed E-state index contributed by atoms with van der Waals surface area (Å²) < 4.78 is 40.4. The quantitative estimate of drug-likeness (QED) is 0.473. The summed E-state index contributed by atoms with van der Waals surface area (Å²) in [5, 5.41) is 15.5.